The highest BCUT2D eigenvalue weighted by atomic mass is 32.2. The lowest BCUT2D eigenvalue weighted by atomic mass is 10.0. The van der Waals surface area contributed by atoms with Crippen molar-refractivity contribution in [2.75, 3.05) is 23.9 Å². The number of benzene rings is 1. The molecule has 0 saturated carbocycles. The number of ether oxygens (including phenoxy) is 1. The van der Waals surface area contributed by atoms with Gasteiger partial charge in [0.1, 0.15) is 11.8 Å². The topological polar surface area (TPSA) is 114 Å². The molecule has 26 heavy (non-hydrogen) atoms. The van der Waals surface area contributed by atoms with Gasteiger partial charge in [0, 0.05) is 17.8 Å². The molecule has 0 spiro atoms. The van der Waals surface area contributed by atoms with E-state index in [1.54, 1.807) is 24.3 Å². The Hall–Kier alpha value is -2.29. The Bertz CT molecular complexity index is 763. The van der Waals surface area contributed by atoms with E-state index in [1.807, 2.05) is 13.8 Å². The van der Waals surface area contributed by atoms with Crippen LogP contribution in [-0.4, -0.2) is 51.1 Å². The minimum Gasteiger partial charge on any atom is -0.497 e. The van der Waals surface area contributed by atoms with E-state index in [0.29, 0.717) is 17.9 Å². The van der Waals surface area contributed by atoms with E-state index in [9.17, 15) is 18.0 Å². The van der Waals surface area contributed by atoms with Crippen LogP contribution in [0, 0.1) is 5.92 Å². The van der Waals surface area contributed by atoms with Gasteiger partial charge in [-0.15, -0.1) is 0 Å². The lowest BCUT2D eigenvalue weighted by Gasteiger charge is -2.23. The van der Waals surface area contributed by atoms with Gasteiger partial charge in [-0.1, -0.05) is 19.9 Å². The number of anilines is 1. The largest absolute Gasteiger partial charge is 0.497 e. The standard InChI is InChI=1S/C17H25N3O5S/c1-11(2)15(16(21)18-12-5-4-6-14(9-12)25-3)20-17(22)19-13-7-8-26(23,24)10-13/h4-6,9,11,13,15H,7-8,10H2,1-3H3,(H,18,21)(H2,19,20,22)/t13-,15+/m1/s1. The third-order valence-electron chi connectivity index (χ3n) is 4.14. The fourth-order valence-corrected chi connectivity index (χ4v) is 4.41. The van der Waals surface area contributed by atoms with Gasteiger partial charge in [0.15, 0.2) is 9.84 Å². The number of methoxy groups -OCH3 is 1. The van der Waals surface area contributed by atoms with Crippen LogP contribution in [0.5, 0.6) is 5.75 Å². The van der Waals surface area contributed by atoms with Crippen LogP contribution >= 0.6 is 0 Å². The van der Waals surface area contributed by atoms with Crippen molar-refractivity contribution in [2.24, 2.45) is 5.92 Å². The molecule has 1 heterocycles. The molecule has 0 aliphatic carbocycles. The Morgan fingerprint density at radius 2 is 2.00 bits per heavy atom. The maximum atomic E-state index is 12.5. The molecule has 0 bridgehead atoms. The van der Waals surface area contributed by atoms with Crippen molar-refractivity contribution in [1.29, 1.82) is 0 Å². The first kappa shape index (κ1) is 20.0. The summed E-state index contributed by atoms with van der Waals surface area (Å²) in [5.74, 6) is 0.100. The summed E-state index contributed by atoms with van der Waals surface area (Å²) in [6, 6.07) is 5.18. The van der Waals surface area contributed by atoms with Gasteiger partial charge >= 0.3 is 6.03 Å². The Kier molecular flexibility index (Phi) is 6.47. The summed E-state index contributed by atoms with van der Waals surface area (Å²) in [7, 11) is -1.55. The highest BCUT2D eigenvalue weighted by Crippen LogP contribution is 2.17. The van der Waals surface area contributed by atoms with Gasteiger partial charge in [-0.2, -0.15) is 0 Å². The van der Waals surface area contributed by atoms with Crippen molar-refractivity contribution in [3.8, 4) is 5.75 Å². The lowest BCUT2D eigenvalue weighted by Crippen LogP contribution is -2.52. The minimum atomic E-state index is -3.08. The third kappa shape index (κ3) is 5.62. The first-order chi connectivity index (χ1) is 12.2. The molecule has 8 nitrogen and oxygen atoms in total. The van der Waals surface area contributed by atoms with E-state index < -0.39 is 28.0 Å². The molecule has 144 valence electrons. The number of rotatable bonds is 6. The number of amides is 3. The number of hydrogen-bond donors (Lipinski definition) is 3. The van der Waals surface area contributed by atoms with Crippen LogP contribution < -0.4 is 20.7 Å². The first-order valence-corrected chi connectivity index (χ1v) is 10.2. The number of sulfone groups is 1. The molecule has 1 aliphatic rings. The Labute approximate surface area is 153 Å². The molecule has 0 aromatic heterocycles. The van der Waals surface area contributed by atoms with E-state index in [0.717, 1.165) is 0 Å². The van der Waals surface area contributed by atoms with Crippen molar-refractivity contribution in [1.82, 2.24) is 10.6 Å². The monoisotopic (exact) mass is 383 g/mol. The zero-order valence-corrected chi connectivity index (χ0v) is 15.9. The van der Waals surface area contributed by atoms with Crippen molar-refractivity contribution >= 4 is 27.5 Å². The quantitative estimate of drug-likeness (QED) is 0.682. The summed E-state index contributed by atoms with van der Waals surface area (Å²) in [6.45, 7) is 3.63. The third-order valence-corrected chi connectivity index (χ3v) is 5.91. The highest BCUT2D eigenvalue weighted by Gasteiger charge is 2.30. The van der Waals surface area contributed by atoms with E-state index >= 15 is 0 Å². The molecule has 1 aromatic carbocycles. The van der Waals surface area contributed by atoms with Gasteiger partial charge in [0.25, 0.3) is 0 Å². The van der Waals surface area contributed by atoms with E-state index in [2.05, 4.69) is 16.0 Å². The molecule has 1 fully saturated rings. The fourth-order valence-electron chi connectivity index (χ4n) is 2.73. The molecule has 3 amide bonds. The van der Waals surface area contributed by atoms with Crippen LogP contribution in [0.2, 0.25) is 0 Å². The molecule has 9 heteroatoms. The predicted octanol–water partition coefficient (Wildman–Crippen LogP) is 1.14. The highest BCUT2D eigenvalue weighted by molar-refractivity contribution is 7.91. The maximum absolute atomic E-state index is 12.5. The van der Waals surface area contributed by atoms with Crippen LogP contribution in [0.15, 0.2) is 24.3 Å². The lowest BCUT2D eigenvalue weighted by molar-refractivity contribution is -0.118. The molecule has 1 saturated heterocycles. The van der Waals surface area contributed by atoms with Crippen LogP contribution in [0.4, 0.5) is 10.5 Å². The van der Waals surface area contributed by atoms with Crippen molar-refractivity contribution in [3.05, 3.63) is 24.3 Å². The Morgan fingerprint density at radius 3 is 2.58 bits per heavy atom. The Balaban J connectivity index is 1.96. The maximum Gasteiger partial charge on any atom is 0.315 e. The summed E-state index contributed by atoms with van der Waals surface area (Å²) in [6.07, 6.45) is 0.387. The molecule has 3 N–H and O–H groups in total. The second-order valence-electron chi connectivity index (χ2n) is 6.66. The molecular formula is C17H25N3O5S. The average Bonchev–Trinajstić information content (AvgIpc) is 2.90. The van der Waals surface area contributed by atoms with E-state index in [4.69, 9.17) is 4.74 Å². The second kappa shape index (κ2) is 8.39. The summed E-state index contributed by atoms with van der Waals surface area (Å²) in [4.78, 5) is 24.7. The molecular weight excluding hydrogens is 358 g/mol. The minimum absolute atomic E-state index is 0.0667. The van der Waals surface area contributed by atoms with Gasteiger partial charge in [0.05, 0.1) is 18.6 Å². The summed E-state index contributed by atoms with van der Waals surface area (Å²) in [5.41, 5.74) is 0.559. The molecule has 1 aliphatic heterocycles. The van der Waals surface area contributed by atoms with Gasteiger partial charge in [-0.05, 0) is 24.5 Å². The zero-order valence-electron chi connectivity index (χ0n) is 15.1. The van der Waals surface area contributed by atoms with E-state index in [-0.39, 0.29) is 23.3 Å². The summed E-state index contributed by atoms with van der Waals surface area (Å²) >= 11 is 0. The molecule has 2 atom stereocenters. The zero-order chi connectivity index (χ0) is 19.3. The normalized spacial score (nSPS) is 19.6. The fraction of sp³-hybridized carbons (Fsp3) is 0.529. The van der Waals surface area contributed by atoms with Gasteiger partial charge in [-0.3, -0.25) is 4.79 Å². The van der Waals surface area contributed by atoms with Crippen molar-refractivity contribution < 1.29 is 22.7 Å². The van der Waals surface area contributed by atoms with E-state index in [1.165, 1.54) is 7.11 Å². The smallest absolute Gasteiger partial charge is 0.315 e. The number of nitrogens with one attached hydrogen (secondary N) is 3. The average molecular weight is 383 g/mol. The van der Waals surface area contributed by atoms with Crippen LogP contribution in [0.1, 0.15) is 20.3 Å². The number of hydrogen-bond acceptors (Lipinski definition) is 5. The summed E-state index contributed by atoms with van der Waals surface area (Å²) < 4.78 is 28.1. The molecule has 0 radical (unpaired) electrons. The SMILES string of the molecule is COc1cccc(NC(=O)[C@@H](NC(=O)N[C@@H]2CCS(=O)(=O)C2)C(C)C)c1. The first-order valence-electron chi connectivity index (χ1n) is 8.42. The predicted molar refractivity (Wildman–Crippen MR) is 99.0 cm³/mol. The van der Waals surface area contributed by atoms with Crippen LogP contribution in [-0.2, 0) is 14.6 Å². The van der Waals surface area contributed by atoms with Crippen molar-refractivity contribution in [3.63, 3.8) is 0 Å². The van der Waals surface area contributed by atoms with Crippen molar-refractivity contribution in [2.45, 2.75) is 32.4 Å². The number of urea groups is 1. The second-order valence-corrected chi connectivity index (χ2v) is 8.89. The van der Waals surface area contributed by atoms with Gasteiger partial charge < -0.3 is 20.7 Å². The van der Waals surface area contributed by atoms with Crippen LogP contribution in [0.25, 0.3) is 0 Å². The molecule has 1 aromatic rings. The van der Waals surface area contributed by atoms with Crippen LogP contribution in [0.3, 0.4) is 0 Å². The van der Waals surface area contributed by atoms with Gasteiger partial charge in [-0.25, -0.2) is 13.2 Å². The molecule has 0 unspecified atom stereocenters. The molecule has 2 rings (SSSR count). The van der Waals surface area contributed by atoms with Gasteiger partial charge in [0.2, 0.25) is 5.91 Å². The number of carbonyl (C=O) groups excluding carboxylic acids is 2. The summed E-state index contributed by atoms with van der Waals surface area (Å²) in [5, 5.41) is 8.01. The number of carbonyl (C=O) groups is 2. The Morgan fingerprint density at radius 1 is 1.27 bits per heavy atom.